The molecule has 0 unspecified atom stereocenters. The van der Waals surface area contributed by atoms with E-state index in [1.807, 2.05) is 23.6 Å². The molecule has 1 amide bonds. The second-order valence-electron chi connectivity index (χ2n) is 7.53. The van der Waals surface area contributed by atoms with Gasteiger partial charge in [-0.3, -0.25) is 9.69 Å². The topological polar surface area (TPSA) is 45.2 Å². The van der Waals surface area contributed by atoms with E-state index in [4.69, 9.17) is 4.98 Å². The van der Waals surface area contributed by atoms with Crippen molar-refractivity contribution in [2.45, 2.75) is 32.7 Å². The van der Waals surface area contributed by atoms with Crippen LogP contribution in [0.1, 0.15) is 28.7 Å². The first-order valence-electron chi connectivity index (χ1n) is 10.3. The molecule has 1 N–H and O–H groups in total. The average molecular weight is 454 g/mol. The minimum absolute atomic E-state index is 0.0452. The van der Waals surface area contributed by atoms with E-state index in [0.717, 1.165) is 58.4 Å². The van der Waals surface area contributed by atoms with Crippen molar-refractivity contribution in [3.05, 3.63) is 57.1 Å². The average Bonchev–Trinajstić information content (AvgIpc) is 3.45. The standard InChI is InChI=1S/C23H23N3OS3/c1-2-10-26-11-9-16-19(14-26)30-23(25-20(27)13-15-6-5-12-28-15)21(16)22-24-17-7-3-4-8-18(17)29-22/h3-8,12H,2,9-11,13-14H2,1H3,(H,25,27). The van der Waals surface area contributed by atoms with E-state index >= 15 is 0 Å². The van der Waals surface area contributed by atoms with Gasteiger partial charge in [-0.1, -0.05) is 25.1 Å². The number of anilines is 1. The van der Waals surface area contributed by atoms with E-state index < -0.39 is 0 Å². The molecular weight excluding hydrogens is 430 g/mol. The van der Waals surface area contributed by atoms with Crippen LogP contribution in [0.3, 0.4) is 0 Å². The summed E-state index contributed by atoms with van der Waals surface area (Å²) in [5.74, 6) is 0.0452. The van der Waals surface area contributed by atoms with Crippen LogP contribution in [0.15, 0.2) is 41.8 Å². The summed E-state index contributed by atoms with van der Waals surface area (Å²) < 4.78 is 1.19. The Kier molecular flexibility index (Phi) is 5.69. The summed E-state index contributed by atoms with van der Waals surface area (Å²) in [6.45, 7) is 5.38. The first-order chi connectivity index (χ1) is 14.7. The van der Waals surface area contributed by atoms with Gasteiger partial charge in [-0.15, -0.1) is 34.0 Å². The first-order valence-corrected chi connectivity index (χ1v) is 12.8. The largest absolute Gasteiger partial charge is 0.317 e. The van der Waals surface area contributed by atoms with Gasteiger partial charge in [0.2, 0.25) is 5.91 Å². The Morgan fingerprint density at radius 2 is 2.10 bits per heavy atom. The number of rotatable bonds is 6. The minimum Gasteiger partial charge on any atom is -0.317 e. The third-order valence-electron chi connectivity index (χ3n) is 5.35. The zero-order valence-corrected chi connectivity index (χ0v) is 19.3. The number of hydrogen-bond donors (Lipinski definition) is 1. The molecule has 1 aromatic carbocycles. The van der Waals surface area contributed by atoms with Gasteiger partial charge in [0.25, 0.3) is 0 Å². The summed E-state index contributed by atoms with van der Waals surface area (Å²) in [6, 6.07) is 12.3. The van der Waals surface area contributed by atoms with Gasteiger partial charge in [0, 0.05) is 28.4 Å². The number of nitrogens with zero attached hydrogens (tertiary/aromatic N) is 2. The van der Waals surface area contributed by atoms with Crippen molar-refractivity contribution < 1.29 is 4.79 Å². The summed E-state index contributed by atoms with van der Waals surface area (Å²) in [4.78, 5) is 22.7. The lowest BCUT2D eigenvalue weighted by Crippen LogP contribution is -2.30. The third-order valence-corrected chi connectivity index (χ3v) is 8.41. The number of benzene rings is 1. The number of para-hydroxylation sites is 1. The normalized spacial score (nSPS) is 14.2. The zero-order chi connectivity index (χ0) is 20.5. The fourth-order valence-electron chi connectivity index (χ4n) is 4.00. The van der Waals surface area contributed by atoms with E-state index in [0.29, 0.717) is 6.42 Å². The van der Waals surface area contributed by atoms with Crippen molar-refractivity contribution in [1.82, 2.24) is 9.88 Å². The highest BCUT2D eigenvalue weighted by molar-refractivity contribution is 7.23. The Labute approximate surface area is 188 Å². The molecule has 1 aliphatic rings. The zero-order valence-electron chi connectivity index (χ0n) is 16.8. The fraction of sp³-hybridized carbons (Fsp3) is 0.304. The molecule has 3 aromatic heterocycles. The Morgan fingerprint density at radius 3 is 2.90 bits per heavy atom. The van der Waals surface area contributed by atoms with Crippen molar-refractivity contribution in [2.24, 2.45) is 0 Å². The molecule has 0 spiro atoms. The maximum Gasteiger partial charge on any atom is 0.230 e. The van der Waals surface area contributed by atoms with Crippen LogP contribution in [-0.2, 0) is 24.2 Å². The smallest absolute Gasteiger partial charge is 0.230 e. The highest BCUT2D eigenvalue weighted by atomic mass is 32.1. The quantitative estimate of drug-likeness (QED) is 0.387. The van der Waals surface area contributed by atoms with Gasteiger partial charge in [0.1, 0.15) is 10.0 Å². The van der Waals surface area contributed by atoms with Crippen LogP contribution < -0.4 is 5.32 Å². The number of thiophene rings is 2. The lowest BCUT2D eigenvalue weighted by molar-refractivity contribution is -0.115. The molecule has 5 rings (SSSR count). The van der Waals surface area contributed by atoms with Gasteiger partial charge in [0.05, 0.1) is 16.6 Å². The molecule has 0 bridgehead atoms. The van der Waals surface area contributed by atoms with Gasteiger partial charge in [0.15, 0.2) is 0 Å². The predicted molar refractivity (Wildman–Crippen MR) is 129 cm³/mol. The molecule has 4 nitrogen and oxygen atoms in total. The lowest BCUT2D eigenvalue weighted by atomic mass is 10.0. The van der Waals surface area contributed by atoms with Gasteiger partial charge < -0.3 is 5.32 Å². The van der Waals surface area contributed by atoms with Gasteiger partial charge >= 0.3 is 0 Å². The highest BCUT2D eigenvalue weighted by Gasteiger charge is 2.27. The van der Waals surface area contributed by atoms with Crippen LogP contribution in [0, 0.1) is 0 Å². The number of nitrogens with one attached hydrogen (secondary N) is 1. The van der Waals surface area contributed by atoms with Gasteiger partial charge in [-0.25, -0.2) is 4.98 Å². The summed E-state index contributed by atoms with van der Waals surface area (Å²) in [6.07, 6.45) is 2.59. The van der Waals surface area contributed by atoms with E-state index in [-0.39, 0.29) is 5.91 Å². The Morgan fingerprint density at radius 1 is 1.20 bits per heavy atom. The number of fused-ring (bicyclic) bond motifs is 2. The molecule has 0 atom stereocenters. The predicted octanol–water partition coefficient (Wildman–Crippen LogP) is 6.04. The number of hydrogen-bond acceptors (Lipinski definition) is 6. The van der Waals surface area contributed by atoms with Gasteiger partial charge in [-0.05, 0) is 48.5 Å². The highest BCUT2D eigenvalue weighted by Crippen LogP contribution is 2.45. The molecule has 154 valence electrons. The van der Waals surface area contributed by atoms with Crippen molar-refractivity contribution in [3.8, 4) is 10.6 Å². The first kappa shape index (κ1) is 19.9. The number of carbonyl (C=O) groups is 1. The Bertz CT molecular complexity index is 1140. The molecule has 4 aromatic rings. The molecule has 0 aliphatic carbocycles. The summed E-state index contributed by atoms with van der Waals surface area (Å²) >= 11 is 5.08. The van der Waals surface area contributed by atoms with Gasteiger partial charge in [-0.2, -0.15) is 0 Å². The number of carbonyl (C=O) groups excluding carboxylic acids is 1. The Balaban J connectivity index is 1.52. The van der Waals surface area contributed by atoms with Crippen molar-refractivity contribution in [2.75, 3.05) is 18.4 Å². The number of amides is 1. The van der Waals surface area contributed by atoms with E-state index in [9.17, 15) is 4.79 Å². The monoisotopic (exact) mass is 453 g/mol. The van der Waals surface area contributed by atoms with E-state index in [1.165, 1.54) is 15.1 Å². The van der Waals surface area contributed by atoms with E-state index in [1.54, 1.807) is 34.0 Å². The van der Waals surface area contributed by atoms with Crippen LogP contribution in [0.4, 0.5) is 5.00 Å². The SMILES string of the molecule is CCCN1CCc2c(sc(NC(=O)Cc3cccs3)c2-c2nc3ccccc3s2)C1. The number of aromatic nitrogens is 1. The molecule has 30 heavy (non-hydrogen) atoms. The second kappa shape index (κ2) is 8.59. The number of thiazole rings is 1. The second-order valence-corrected chi connectivity index (χ2v) is 10.7. The minimum atomic E-state index is 0.0452. The van der Waals surface area contributed by atoms with Crippen molar-refractivity contribution >= 4 is 55.1 Å². The van der Waals surface area contributed by atoms with Crippen LogP contribution in [-0.4, -0.2) is 28.9 Å². The summed E-state index contributed by atoms with van der Waals surface area (Å²) in [5.41, 5.74) is 3.54. The lowest BCUT2D eigenvalue weighted by Gasteiger charge is -2.26. The molecule has 0 saturated heterocycles. The maximum absolute atomic E-state index is 12.8. The summed E-state index contributed by atoms with van der Waals surface area (Å²) in [5, 5.41) is 7.22. The van der Waals surface area contributed by atoms with Crippen LogP contribution in [0.2, 0.25) is 0 Å². The van der Waals surface area contributed by atoms with Crippen LogP contribution >= 0.6 is 34.0 Å². The third kappa shape index (κ3) is 3.95. The molecule has 1 aliphatic heterocycles. The molecular formula is C23H23N3OS3. The molecule has 0 radical (unpaired) electrons. The maximum atomic E-state index is 12.8. The van der Waals surface area contributed by atoms with Crippen molar-refractivity contribution in [3.63, 3.8) is 0 Å². The molecule has 7 heteroatoms. The molecule has 4 heterocycles. The van der Waals surface area contributed by atoms with E-state index in [2.05, 4.69) is 35.3 Å². The van der Waals surface area contributed by atoms with Crippen molar-refractivity contribution in [1.29, 1.82) is 0 Å². The molecule has 0 saturated carbocycles. The fourth-order valence-corrected chi connectivity index (χ4v) is 7.12. The molecule has 0 fully saturated rings. The van der Waals surface area contributed by atoms with Crippen LogP contribution in [0.5, 0.6) is 0 Å². The Hall–Kier alpha value is -2.06. The summed E-state index contributed by atoms with van der Waals surface area (Å²) in [7, 11) is 0. The van der Waals surface area contributed by atoms with Crippen LogP contribution in [0.25, 0.3) is 20.8 Å².